The lowest BCUT2D eigenvalue weighted by molar-refractivity contribution is 0.310. The summed E-state index contributed by atoms with van der Waals surface area (Å²) in [6.45, 7) is 6.49. The number of aliphatic imine (C=N–C) groups is 1. The normalized spacial score (nSPS) is 29.2. The van der Waals surface area contributed by atoms with Crippen molar-refractivity contribution in [2.45, 2.75) is 30.9 Å². The molecule has 1 saturated carbocycles. The number of ether oxygens (including phenoxy) is 2. The predicted octanol–water partition coefficient (Wildman–Crippen LogP) is 3.74. The van der Waals surface area contributed by atoms with E-state index in [-0.39, 0.29) is 11.8 Å². The van der Waals surface area contributed by atoms with Crippen molar-refractivity contribution in [3.05, 3.63) is 23.8 Å². The molecule has 0 spiro atoms. The number of nitriles is 2. The average molecular weight is 417 g/mol. The molecule has 3 atom stereocenters. The number of thioether (sulfide) groups is 2. The lowest BCUT2D eigenvalue weighted by Gasteiger charge is -2.31. The van der Waals surface area contributed by atoms with Gasteiger partial charge >= 0.3 is 0 Å². The van der Waals surface area contributed by atoms with Crippen LogP contribution in [0.4, 0.5) is 0 Å². The van der Waals surface area contributed by atoms with Crippen LogP contribution >= 0.6 is 23.5 Å². The van der Waals surface area contributed by atoms with Gasteiger partial charge in [0.25, 0.3) is 0 Å². The molecule has 0 radical (unpaired) electrons. The van der Waals surface area contributed by atoms with Gasteiger partial charge in [-0.1, -0.05) is 19.9 Å². The van der Waals surface area contributed by atoms with Gasteiger partial charge in [-0.3, -0.25) is 0 Å². The maximum Gasteiger partial charge on any atom is 0.175 e. The Hall–Kier alpha value is -2.03. The minimum absolute atomic E-state index is 0.260. The summed E-state index contributed by atoms with van der Waals surface area (Å²) in [5, 5.41) is 20.5. The second-order valence-corrected chi connectivity index (χ2v) is 9.73. The number of benzene rings is 1. The van der Waals surface area contributed by atoms with Gasteiger partial charge < -0.3 is 15.2 Å². The van der Waals surface area contributed by atoms with Crippen molar-refractivity contribution in [3.63, 3.8) is 0 Å². The van der Waals surface area contributed by atoms with Crippen LogP contribution in [0.2, 0.25) is 0 Å². The maximum atomic E-state index is 10.4. The van der Waals surface area contributed by atoms with Crippen LogP contribution in [-0.2, 0) is 0 Å². The predicted molar refractivity (Wildman–Crippen MR) is 114 cm³/mol. The fourth-order valence-corrected chi connectivity index (χ4v) is 7.64. The van der Waals surface area contributed by atoms with Crippen LogP contribution in [0.5, 0.6) is 11.5 Å². The molecule has 3 unspecified atom stereocenters. The molecule has 2 aliphatic rings. The first-order chi connectivity index (χ1) is 13.5. The Morgan fingerprint density at radius 1 is 1.14 bits per heavy atom. The van der Waals surface area contributed by atoms with Crippen LogP contribution < -0.4 is 15.2 Å². The Labute approximate surface area is 174 Å². The van der Waals surface area contributed by atoms with E-state index in [1.165, 1.54) is 0 Å². The van der Waals surface area contributed by atoms with Crippen molar-refractivity contribution in [2.75, 3.05) is 25.2 Å². The summed E-state index contributed by atoms with van der Waals surface area (Å²) in [5.41, 5.74) is 5.04. The largest absolute Gasteiger partial charge is 0.493 e. The first-order valence-electron chi connectivity index (χ1n) is 9.25. The van der Waals surface area contributed by atoms with E-state index in [1.54, 1.807) is 30.6 Å². The molecule has 1 aliphatic heterocycles. The summed E-state index contributed by atoms with van der Waals surface area (Å²) in [6, 6.07) is 10.5. The SMILES string of the molecule is CCOc1ccc(C2C3(C#N)C(N)=NC(SCC)(SCC)C23C#N)cc1OC. The molecule has 0 aromatic heterocycles. The van der Waals surface area contributed by atoms with Crippen molar-refractivity contribution in [2.24, 2.45) is 21.6 Å². The van der Waals surface area contributed by atoms with Gasteiger partial charge in [-0.2, -0.15) is 10.5 Å². The monoisotopic (exact) mass is 416 g/mol. The van der Waals surface area contributed by atoms with Crippen LogP contribution in [0, 0.1) is 33.5 Å². The topological polar surface area (TPSA) is 104 Å². The zero-order chi connectivity index (χ0) is 20.6. The highest BCUT2D eigenvalue weighted by atomic mass is 32.2. The molecule has 0 bridgehead atoms. The van der Waals surface area contributed by atoms with Gasteiger partial charge in [0.2, 0.25) is 0 Å². The molecular weight excluding hydrogens is 392 g/mol. The van der Waals surface area contributed by atoms with Gasteiger partial charge in [-0.25, -0.2) is 4.99 Å². The van der Waals surface area contributed by atoms with Gasteiger partial charge in [0.15, 0.2) is 15.7 Å². The van der Waals surface area contributed by atoms with Crippen molar-refractivity contribution >= 4 is 29.4 Å². The third-order valence-electron chi connectivity index (χ3n) is 5.43. The summed E-state index contributed by atoms with van der Waals surface area (Å²) in [6.07, 6.45) is 0. The molecule has 1 aliphatic carbocycles. The Kier molecular flexibility index (Phi) is 5.49. The van der Waals surface area contributed by atoms with Crippen molar-refractivity contribution in [3.8, 4) is 23.6 Å². The molecule has 6 nitrogen and oxygen atoms in total. The van der Waals surface area contributed by atoms with Crippen molar-refractivity contribution < 1.29 is 9.47 Å². The summed E-state index contributed by atoms with van der Waals surface area (Å²) < 4.78 is 10.3. The van der Waals surface area contributed by atoms with Crippen LogP contribution in [0.3, 0.4) is 0 Å². The molecule has 1 aromatic rings. The Morgan fingerprint density at radius 3 is 2.32 bits per heavy atom. The molecule has 8 heteroatoms. The second-order valence-electron chi connectivity index (χ2n) is 6.56. The van der Waals surface area contributed by atoms with Gasteiger partial charge in [-0.05, 0) is 36.1 Å². The molecule has 148 valence electrons. The highest BCUT2D eigenvalue weighted by Crippen LogP contribution is 2.85. The number of fused-ring (bicyclic) bond motifs is 1. The molecular formula is C20H24N4O2S2. The molecule has 0 amide bonds. The third-order valence-corrected chi connectivity index (χ3v) is 8.32. The molecule has 2 N–H and O–H groups in total. The number of rotatable bonds is 8. The average Bonchev–Trinajstić information content (AvgIpc) is 3.27. The number of methoxy groups -OCH3 is 1. The number of nitrogens with zero attached hydrogens (tertiary/aromatic N) is 3. The molecule has 1 fully saturated rings. The van der Waals surface area contributed by atoms with Gasteiger partial charge in [0.05, 0.1) is 25.9 Å². The van der Waals surface area contributed by atoms with Gasteiger partial charge in [-0.15, -0.1) is 23.5 Å². The van der Waals surface area contributed by atoms with Gasteiger partial charge in [0.1, 0.15) is 16.7 Å². The van der Waals surface area contributed by atoms with E-state index in [1.807, 2.05) is 39.0 Å². The van der Waals surface area contributed by atoms with Crippen molar-refractivity contribution in [1.82, 2.24) is 0 Å². The van der Waals surface area contributed by atoms with Gasteiger partial charge in [0, 0.05) is 5.92 Å². The van der Waals surface area contributed by atoms with Crippen LogP contribution in [0.15, 0.2) is 23.2 Å². The summed E-state index contributed by atoms with van der Waals surface area (Å²) in [5.74, 6) is 2.65. The molecule has 0 saturated heterocycles. The highest BCUT2D eigenvalue weighted by molar-refractivity contribution is 8.18. The lowest BCUT2D eigenvalue weighted by Crippen LogP contribution is -2.31. The maximum absolute atomic E-state index is 10.4. The molecule has 28 heavy (non-hydrogen) atoms. The van der Waals surface area contributed by atoms with Crippen LogP contribution in [0.25, 0.3) is 0 Å². The summed E-state index contributed by atoms with van der Waals surface area (Å²) >= 11 is 3.17. The second kappa shape index (κ2) is 7.42. The summed E-state index contributed by atoms with van der Waals surface area (Å²) in [7, 11) is 1.58. The smallest absolute Gasteiger partial charge is 0.175 e. The van der Waals surface area contributed by atoms with E-state index in [2.05, 4.69) is 12.1 Å². The van der Waals surface area contributed by atoms with E-state index < -0.39 is 15.0 Å². The molecule has 1 heterocycles. The number of amidine groups is 1. The lowest BCUT2D eigenvalue weighted by atomic mass is 9.97. The van der Waals surface area contributed by atoms with E-state index in [9.17, 15) is 10.5 Å². The Bertz CT molecular complexity index is 885. The fraction of sp³-hybridized carbons (Fsp3) is 0.550. The van der Waals surface area contributed by atoms with E-state index in [0.29, 0.717) is 18.1 Å². The van der Waals surface area contributed by atoms with E-state index >= 15 is 0 Å². The first kappa shape index (κ1) is 20.7. The van der Waals surface area contributed by atoms with Crippen LogP contribution in [0.1, 0.15) is 32.3 Å². The van der Waals surface area contributed by atoms with Crippen molar-refractivity contribution in [1.29, 1.82) is 10.5 Å². The van der Waals surface area contributed by atoms with E-state index in [4.69, 9.17) is 20.2 Å². The minimum atomic E-state index is -1.12. The number of hydrogen-bond acceptors (Lipinski definition) is 8. The van der Waals surface area contributed by atoms with E-state index in [0.717, 1.165) is 17.1 Å². The summed E-state index contributed by atoms with van der Waals surface area (Å²) in [4.78, 5) is 4.70. The fourth-order valence-electron chi connectivity index (χ4n) is 4.39. The number of nitrogens with two attached hydrogens (primary N) is 1. The zero-order valence-electron chi connectivity index (χ0n) is 16.5. The third kappa shape index (κ3) is 2.38. The number of hydrogen-bond donors (Lipinski definition) is 1. The Balaban J connectivity index is 2.17. The minimum Gasteiger partial charge on any atom is -0.493 e. The van der Waals surface area contributed by atoms with Crippen LogP contribution in [-0.4, -0.2) is 35.3 Å². The first-order valence-corrected chi connectivity index (χ1v) is 11.2. The molecule has 3 rings (SSSR count). The molecule has 1 aromatic carbocycles. The standard InChI is InChI=1S/C20H24N4O2S2/c1-5-26-14-9-8-13(10-15(14)25-4)16-18(11-21)17(23)24-20(27-6-2,28-7-3)19(16,18)12-22/h8-10,16H,5-7H2,1-4H3,(H2,23,24). The Morgan fingerprint density at radius 2 is 1.82 bits per heavy atom. The quantitative estimate of drug-likeness (QED) is 0.644. The zero-order valence-corrected chi connectivity index (χ0v) is 18.1. The highest BCUT2D eigenvalue weighted by Gasteiger charge is 2.91.